The quantitative estimate of drug-likeness (QED) is 0.616. The summed E-state index contributed by atoms with van der Waals surface area (Å²) in [6.45, 7) is 5.91. The maximum Gasteiger partial charge on any atom is 0.416 e. The van der Waals surface area contributed by atoms with Gasteiger partial charge in [0.2, 0.25) is 5.91 Å². The topological polar surface area (TPSA) is 81.8 Å². The molecule has 2 heterocycles. The van der Waals surface area contributed by atoms with E-state index in [2.05, 4.69) is 29.2 Å². The highest BCUT2D eigenvalue weighted by Gasteiger charge is 2.30. The number of carbonyl (C=O) groups excluding carboxylic acids is 1. The number of rotatable bonds is 7. The van der Waals surface area contributed by atoms with Crippen molar-refractivity contribution in [1.82, 2.24) is 24.6 Å². The molecule has 0 aliphatic carbocycles. The number of alkyl halides is 3. The van der Waals surface area contributed by atoms with E-state index in [1.54, 1.807) is 0 Å². The fraction of sp³-hybridized carbons (Fsp3) is 0.429. The van der Waals surface area contributed by atoms with E-state index < -0.39 is 17.3 Å². The number of fused-ring (bicyclic) bond motifs is 1. The zero-order valence-corrected chi connectivity index (χ0v) is 17.5. The van der Waals surface area contributed by atoms with E-state index in [1.807, 2.05) is 6.92 Å². The van der Waals surface area contributed by atoms with Gasteiger partial charge in [0.25, 0.3) is 5.56 Å². The van der Waals surface area contributed by atoms with Crippen molar-refractivity contribution in [2.45, 2.75) is 52.4 Å². The molecule has 0 aliphatic rings. The van der Waals surface area contributed by atoms with Crippen LogP contribution in [0.4, 0.5) is 13.2 Å². The van der Waals surface area contributed by atoms with Crippen molar-refractivity contribution in [3.8, 4) is 5.69 Å². The Bertz CT molecular complexity index is 1130. The highest BCUT2D eigenvalue weighted by atomic mass is 19.4. The van der Waals surface area contributed by atoms with Crippen LogP contribution in [0.3, 0.4) is 0 Å². The summed E-state index contributed by atoms with van der Waals surface area (Å²) in [6.07, 6.45) is -0.249. The number of carbonyl (C=O) groups is 1. The first-order valence-electron chi connectivity index (χ1n) is 9.96. The van der Waals surface area contributed by atoms with Crippen molar-refractivity contribution < 1.29 is 18.0 Å². The largest absolute Gasteiger partial charge is 0.416 e. The van der Waals surface area contributed by atoms with Crippen molar-refractivity contribution in [2.24, 2.45) is 5.92 Å². The van der Waals surface area contributed by atoms with E-state index in [-0.39, 0.29) is 35.2 Å². The van der Waals surface area contributed by atoms with Gasteiger partial charge in [-0.05, 0) is 43.9 Å². The first-order chi connectivity index (χ1) is 14.6. The number of hydrogen-bond acceptors (Lipinski definition) is 4. The zero-order valence-electron chi connectivity index (χ0n) is 17.5. The standard InChI is InChI=1S/C21H24F3N5O2/c1-13(2)7-8-14(3)27-18(30)11-28-12-25-19-17(20(28)31)10-26-29(19)16-6-4-5-15(9-16)21(22,23)24/h4-6,9-10,12-14H,7-8,11H2,1-3H3,(H,27,30). The predicted octanol–water partition coefficient (Wildman–Crippen LogP) is 3.54. The maximum absolute atomic E-state index is 13.0. The third-order valence-corrected chi connectivity index (χ3v) is 4.87. The van der Waals surface area contributed by atoms with Crippen LogP contribution in [0.1, 0.15) is 39.2 Å². The Morgan fingerprint density at radius 2 is 1.94 bits per heavy atom. The number of aromatic nitrogens is 4. The highest BCUT2D eigenvalue weighted by Crippen LogP contribution is 2.30. The van der Waals surface area contributed by atoms with Gasteiger partial charge in [-0.15, -0.1) is 0 Å². The number of nitrogens with zero attached hydrogens (tertiary/aromatic N) is 4. The lowest BCUT2D eigenvalue weighted by atomic mass is 10.0. The molecule has 0 bridgehead atoms. The molecule has 1 aromatic carbocycles. The molecule has 3 aromatic rings. The molecule has 1 N–H and O–H groups in total. The summed E-state index contributed by atoms with van der Waals surface area (Å²) < 4.78 is 41.3. The van der Waals surface area contributed by atoms with Crippen molar-refractivity contribution >= 4 is 16.9 Å². The van der Waals surface area contributed by atoms with E-state index >= 15 is 0 Å². The average Bonchev–Trinajstić information content (AvgIpc) is 3.13. The van der Waals surface area contributed by atoms with Gasteiger partial charge in [-0.2, -0.15) is 18.3 Å². The second-order valence-corrected chi connectivity index (χ2v) is 7.96. The van der Waals surface area contributed by atoms with Crippen molar-refractivity contribution in [3.05, 3.63) is 52.7 Å². The van der Waals surface area contributed by atoms with Gasteiger partial charge in [0.1, 0.15) is 18.3 Å². The molecule has 1 amide bonds. The zero-order chi connectivity index (χ0) is 22.8. The van der Waals surface area contributed by atoms with Crippen LogP contribution in [-0.2, 0) is 17.5 Å². The molecule has 0 fully saturated rings. The molecule has 0 spiro atoms. The summed E-state index contributed by atoms with van der Waals surface area (Å²) in [5, 5.41) is 7.00. The third kappa shape index (κ3) is 5.31. The Morgan fingerprint density at radius 3 is 2.61 bits per heavy atom. The molecular formula is C21H24F3N5O2. The first kappa shape index (κ1) is 22.5. The van der Waals surface area contributed by atoms with Crippen LogP contribution < -0.4 is 10.9 Å². The van der Waals surface area contributed by atoms with Crippen LogP contribution in [0.25, 0.3) is 16.7 Å². The Morgan fingerprint density at radius 1 is 1.19 bits per heavy atom. The average molecular weight is 435 g/mol. The normalized spacial score (nSPS) is 13.0. The first-order valence-corrected chi connectivity index (χ1v) is 9.96. The molecule has 2 aromatic heterocycles. The molecule has 1 unspecified atom stereocenters. The monoisotopic (exact) mass is 435 g/mol. The molecule has 0 saturated heterocycles. The second kappa shape index (κ2) is 8.91. The summed E-state index contributed by atoms with van der Waals surface area (Å²) in [7, 11) is 0. The molecule has 7 nitrogen and oxygen atoms in total. The van der Waals surface area contributed by atoms with E-state index in [9.17, 15) is 22.8 Å². The molecule has 166 valence electrons. The number of benzene rings is 1. The summed E-state index contributed by atoms with van der Waals surface area (Å²) in [6, 6.07) is 4.58. The number of amides is 1. The lowest BCUT2D eigenvalue weighted by molar-refractivity contribution is -0.137. The third-order valence-electron chi connectivity index (χ3n) is 4.87. The van der Waals surface area contributed by atoms with Gasteiger partial charge in [-0.3, -0.25) is 14.2 Å². The van der Waals surface area contributed by atoms with Crippen molar-refractivity contribution in [3.63, 3.8) is 0 Å². The SMILES string of the molecule is CC(C)CCC(C)NC(=O)Cn1cnc2c(cnn2-c2cccc(C(F)(F)F)c2)c1=O. The van der Waals surface area contributed by atoms with Gasteiger partial charge in [-0.1, -0.05) is 19.9 Å². The van der Waals surface area contributed by atoms with Gasteiger partial charge >= 0.3 is 6.18 Å². The molecule has 1 atom stereocenters. The Labute approximate surface area is 176 Å². The minimum absolute atomic E-state index is 0.0223. The van der Waals surface area contributed by atoms with Crippen LogP contribution >= 0.6 is 0 Å². The molecule has 3 rings (SSSR count). The fourth-order valence-electron chi connectivity index (χ4n) is 3.19. The Hall–Kier alpha value is -3.17. The lowest BCUT2D eigenvalue weighted by Gasteiger charge is -2.15. The minimum Gasteiger partial charge on any atom is -0.352 e. The van der Waals surface area contributed by atoms with Gasteiger partial charge in [-0.25, -0.2) is 9.67 Å². The Balaban J connectivity index is 1.82. The van der Waals surface area contributed by atoms with Crippen molar-refractivity contribution in [2.75, 3.05) is 0 Å². The fourth-order valence-corrected chi connectivity index (χ4v) is 3.19. The summed E-state index contributed by atoms with van der Waals surface area (Å²) in [5.41, 5.74) is -1.07. The maximum atomic E-state index is 13.0. The van der Waals surface area contributed by atoms with Crippen molar-refractivity contribution in [1.29, 1.82) is 0 Å². The van der Waals surface area contributed by atoms with E-state index in [1.165, 1.54) is 29.3 Å². The van der Waals surface area contributed by atoms with Gasteiger partial charge in [0, 0.05) is 6.04 Å². The summed E-state index contributed by atoms with van der Waals surface area (Å²) in [4.78, 5) is 29.2. The van der Waals surface area contributed by atoms with Crippen LogP contribution in [0, 0.1) is 5.92 Å². The molecule has 0 aliphatic heterocycles. The van der Waals surface area contributed by atoms with E-state index in [0.717, 1.165) is 29.5 Å². The second-order valence-electron chi connectivity index (χ2n) is 7.96. The van der Waals surface area contributed by atoms with Crippen LogP contribution in [0.15, 0.2) is 41.6 Å². The molecule has 10 heteroatoms. The Kier molecular flexibility index (Phi) is 6.47. The molecule has 0 radical (unpaired) electrons. The molecular weight excluding hydrogens is 411 g/mol. The summed E-state index contributed by atoms with van der Waals surface area (Å²) in [5.74, 6) is 0.215. The highest BCUT2D eigenvalue weighted by molar-refractivity contribution is 5.78. The summed E-state index contributed by atoms with van der Waals surface area (Å²) >= 11 is 0. The van der Waals surface area contributed by atoms with Crippen LogP contribution in [0.2, 0.25) is 0 Å². The van der Waals surface area contributed by atoms with Gasteiger partial charge in [0.15, 0.2) is 5.65 Å². The smallest absolute Gasteiger partial charge is 0.352 e. The number of hydrogen-bond donors (Lipinski definition) is 1. The molecule has 0 saturated carbocycles. The number of halogens is 3. The predicted molar refractivity (Wildman–Crippen MR) is 110 cm³/mol. The van der Waals surface area contributed by atoms with Crippen LogP contribution in [0.5, 0.6) is 0 Å². The number of nitrogens with one attached hydrogen (secondary N) is 1. The van der Waals surface area contributed by atoms with E-state index in [4.69, 9.17) is 0 Å². The van der Waals surface area contributed by atoms with Gasteiger partial charge in [0.05, 0.1) is 17.4 Å². The van der Waals surface area contributed by atoms with Crippen LogP contribution in [-0.4, -0.2) is 31.3 Å². The molecule has 31 heavy (non-hydrogen) atoms. The van der Waals surface area contributed by atoms with E-state index in [0.29, 0.717) is 5.92 Å². The van der Waals surface area contributed by atoms with Gasteiger partial charge < -0.3 is 5.32 Å². The minimum atomic E-state index is -4.50. The lowest BCUT2D eigenvalue weighted by Crippen LogP contribution is -2.37.